The summed E-state index contributed by atoms with van der Waals surface area (Å²) in [5, 5.41) is 7.11. The van der Waals surface area contributed by atoms with Crippen molar-refractivity contribution >= 4 is 38.5 Å². The highest BCUT2D eigenvalue weighted by atomic mass is 127. The molecule has 2 nitrogen and oxygen atoms in total. The van der Waals surface area contributed by atoms with Crippen molar-refractivity contribution in [3.8, 4) is 0 Å². The van der Waals surface area contributed by atoms with Crippen LogP contribution in [0.25, 0.3) is 0 Å². The number of benzene rings is 1. The molecule has 2 N–H and O–H groups in total. The second-order valence-corrected chi connectivity index (χ2v) is 6.78. The van der Waals surface area contributed by atoms with E-state index in [9.17, 15) is 0 Å². The maximum absolute atomic E-state index is 3.56. The first-order valence-corrected chi connectivity index (χ1v) is 7.93. The summed E-state index contributed by atoms with van der Waals surface area (Å²) >= 11 is 5.91. The zero-order valence-electron chi connectivity index (χ0n) is 9.97. The van der Waals surface area contributed by atoms with Crippen LogP contribution in [-0.2, 0) is 6.54 Å². The lowest BCUT2D eigenvalue weighted by Gasteiger charge is -2.15. The van der Waals surface area contributed by atoms with Gasteiger partial charge in [0.15, 0.2) is 0 Å². The van der Waals surface area contributed by atoms with E-state index in [1.165, 1.54) is 22.0 Å². The Morgan fingerprint density at radius 2 is 2.24 bits per heavy atom. The van der Waals surface area contributed by atoms with Crippen LogP contribution < -0.4 is 10.6 Å². The van der Waals surface area contributed by atoms with Crippen LogP contribution in [0.3, 0.4) is 0 Å². The second-order valence-electron chi connectivity index (χ2n) is 4.70. The van der Waals surface area contributed by atoms with E-state index in [4.69, 9.17) is 0 Å². The lowest BCUT2D eigenvalue weighted by Crippen LogP contribution is -2.36. The van der Waals surface area contributed by atoms with Gasteiger partial charge in [0.25, 0.3) is 0 Å². The molecule has 0 spiro atoms. The van der Waals surface area contributed by atoms with Crippen LogP contribution in [-0.4, -0.2) is 18.6 Å². The van der Waals surface area contributed by atoms with Crippen LogP contribution in [0.1, 0.15) is 25.3 Å². The molecule has 1 fully saturated rings. The predicted octanol–water partition coefficient (Wildman–Crippen LogP) is 3.28. The van der Waals surface area contributed by atoms with E-state index in [1.54, 1.807) is 0 Å². The van der Waals surface area contributed by atoms with Crippen molar-refractivity contribution < 1.29 is 0 Å². The molecule has 17 heavy (non-hydrogen) atoms. The first-order chi connectivity index (χ1) is 8.15. The maximum Gasteiger partial charge on any atom is 0.0219 e. The fourth-order valence-corrected chi connectivity index (χ4v) is 2.60. The molecule has 94 valence electrons. The van der Waals surface area contributed by atoms with Gasteiger partial charge in [-0.05, 0) is 66.1 Å². The zero-order chi connectivity index (χ0) is 12.3. The van der Waals surface area contributed by atoms with Crippen molar-refractivity contribution in [2.24, 2.45) is 0 Å². The van der Waals surface area contributed by atoms with Gasteiger partial charge in [-0.15, -0.1) is 0 Å². The van der Waals surface area contributed by atoms with Crippen LogP contribution in [0, 0.1) is 3.57 Å². The van der Waals surface area contributed by atoms with Crippen LogP contribution in [0.5, 0.6) is 0 Å². The van der Waals surface area contributed by atoms with Crippen molar-refractivity contribution in [1.29, 1.82) is 0 Å². The Labute approximate surface area is 125 Å². The van der Waals surface area contributed by atoms with Gasteiger partial charge in [-0.2, -0.15) is 0 Å². The first kappa shape index (κ1) is 13.8. The molecular formula is C13H18BrIN2. The Bertz CT molecular complexity index is 380. The Morgan fingerprint density at radius 1 is 1.47 bits per heavy atom. The molecule has 0 heterocycles. The molecule has 1 atom stereocenters. The third-order valence-electron chi connectivity index (χ3n) is 2.94. The summed E-state index contributed by atoms with van der Waals surface area (Å²) in [5.41, 5.74) is 1.36. The van der Waals surface area contributed by atoms with Crippen LogP contribution in [0.4, 0.5) is 0 Å². The summed E-state index contributed by atoms with van der Waals surface area (Å²) < 4.78 is 2.47. The van der Waals surface area contributed by atoms with Crippen molar-refractivity contribution in [3.05, 3.63) is 31.8 Å². The molecule has 4 heteroatoms. The van der Waals surface area contributed by atoms with Gasteiger partial charge in [-0.25, -0.2) is 0 Å². The monoisotopic (exact) mass is 408 g/mol. The summed E-state index contributed by atoms with van der Waals surface area (Å²) in [5.74, 6) is 0. The van der Waals surface area contributed by atoms with Gasteiger partial charge >= 0.3 is 0 Å². The van der Waals surface area contributed by atoms with Crippen LogP contribution in [0.2, 0.25) is 0 Å². The van der Waals surface area contributed by atoms with Crippen molar-refractivity contribution in [3.63, 3.8) is 0 Å². The molecular weight excluding hydrogens is 391 g/mol. The molecule has 1 aromatic rings. The molecule has 0 bridgehead atoms. The molecule has 2 rings (SSSR count). The van der Waals surface area contributed by atoms with E-state index in [2.05, 4.69) is 74.3 Å². The number of rotatable bonds is 6. The third-order valence-corrected chi connectivity index (χ3v) is 4.48. The number of hydrogen-bond donors (Lipinski definition) is 2. The minimum atomic E-state index is 0.519. The quantitative estimate of drug-likeness (QED) is 0.706. The standard InChI is InChI=1S/C13H18BrIN2/c1-9(7-17-12-3-4-12)16-8-10-6-11(14)2-5-13(10)15/h2,5-6,9,12,16-17H,3-4,7-8H2,1H3. The average molecular weight is 409 g/mol. The lowest BCUT2D eigenvalue weighted by atomic mass is 10.2. The highest BCUT2D eigenvalue weighted by Crippen LogP contribution is 2.19. The van der Waals surface area contributed by atoms with Gasteiger partial charge in [0.05, 0.1) is 0 Å². The zero-order valence-corrected chi connectivity index (χ0v) is 13.7. The Morgan fingerprint density at radius 3 is 2.94 bits per heavy atom. The van der Waals surface area contributed by atoms with E-state index in [1.807, 2.05) is 0 Å². The smallest absolute Gasteiger partial charge is 0.0219 e. The molecule has 1 aliphatic rings. The molecule has 1 unspecified atom stereocenters. The van der Waals surface area contributed by atoms with E-state index >= 15 is 0 Å². The third kappa shape index (κ3) is 4.85. The van der Waals surface area contributed by atoms with E-state index in [-0.39, 0.29) is 0 Å². The van der Waals surface area contributed by atoms with E-state index in [0.717, 1.165) is 23.6 Å². The Kier molecular flexibility index (Phi) is 5.26. The number of nitrogens with one attached hydrogen (secondary N) is 2. The maximum atomic E-state index is 3.56. The molecule has 1 aromatic carbocycles. The first-order valence-electron chi connectivity index (χ1n) is 6.06. The molecule has 0 amide bonds. The lowest BCUT2D eigenvalue weighted by molar-refractivity contribution is 0.499. The minimum Gasteiger partial charge on any atom is -0.312 e. The fraction of sp³-hybridized carbons (Fsp3) is 0.538. The summed E-state index contributed by atoms with van der Waals surface area (Å²) in [7, 11) is 0. The average Bonchev–Trinajstić information content (AvgIpc) is 3.11. The predicted molar refractivity (Wildman–Crippen MR) is 84.2 cm³/mol. The van der Waals surface area contributed by atoms with Gasteiger partial charge in [-0.3, -0.25) is 0 Å². The highest BCUT2D eigenvalue weighted by molar-refractivity contribution is 14.1. The highest BCUT2D eigenvalue weighted by Gasteiger charge is 2.20. The molecule has 0 radical (unpaired) electrons. The van der Waals surface area contributed by atoms with Gasteiger partial charge in [0.1, 0.15) is 0 Å². The second kappa shape index (κ2) is 6.50. The van der Waals surface area contributed by atoms with Crippen LogP contribution >= 0.6 is 38.5 Å². The molecule has 0 aromatic heterocycles. The van der Waals surface area contributed by atoms with Crippen LogP contribution in [0.15, 0.2) is 22.7 Å². The molecule has 1 saturated carbocycles. The molecule has 0 aliphatic heterocycles. The molecule has 0 saturated heterocycles. The van der Waals surface area contributed by atoms with Gasteiger partial charge in [-0.1, -0.05) is 15.9 Å². The van der Waals surface area contributed by atoms with E-state index < -0.39 is 0 Å². The fourth-order valence-electron chi connectivity index (χ4n) is 1.67. The van der Waals surface area contributed by atoms with Gasteiger partial charge < -0.3 is 10.6 Å². The number of halogens is 2. The Balaban J connectivity index is 1.77. The van der Waals surface area contributed by atoms with Gasteiger partial charge in [0.2, 0.25) is 0 Å². The Hall–Kier alpha value is 0.350. The summed E-state index contributed by atoms with van der Waals surface area (Å²) in [6.45, 7) is 4.24. The summed E-state index contributed by atoms with van der Waals surface area (Å²) in [4.78, 5) is 0. The van der Waals surface area contributed by atoms with Gasteiger partial charge in [0, 0.05) is 33.2 Å². The van der Waals surface area contributed by atoms with Crippen molar-refractivity contribution in [2.45, 2.75) is 38.4 Å². The minimum absolute atomic E-state index is 0.519. The molecule has 1 aliphatic carbocycles. The summed E-state index contributed by atoms with van der Waals surface area (Å²) in [6, 6.07) is 7.74. The number of hydrogen-bond acceptors (Lipinski definition) is 2. The SMILES string of the molecule is CC(CNC1CC1)NCc1cc(Br)ccc1I. The normalized spacial score (nSPS) is 17.1. The van der Waals surface area contributed by atoms with Crippen molar-refractivity contribution in [2.75, 3.05) is 6.54 Å². The van der Waals surface area contributed by atoms with Crippen molar-refractivity contribution in [1.82, 2.24) is 10.6 Å². The topological polar surface area (TPSA) is 24.1 Å². The summed E-state index contributed by atoms with van der Waals surface area (Å²) in [6.07, 6.45) is 2.71. The largest absolute Gasteiger partial charge is 0.312 e. The van der Waals surface area contributed by atoms with E-state index in [0.29, 0.717) is 6.04 Å².